The Morgan fingerprint density at radius 2 is 1.95 bits per heavy atom. The van der Waals surface area contributed by atoms with Crippen LogP contribution in [0.5, 0.6) is 0 Å². The van der Waals surface area contributed by atoms with Crippen molar-refractivity contribution in [3.63, 3.8) is 0 Å². The second-order valence-electron chi connectivity index (χ2n) is 4.30. The predicted octanol–water partition coefficient (Wildman–Crippen LogP) is 4.75. The van der Waals surface area contributed by atoms with E-state index >= 15 is 0 Å². The first-order chi connectivity index (χ1) is 10.1. The quantitative estimate of drug-likeness (QED) is 0.398. The summed E-state index contributed by atoms with van der Waals surface area (Å²) in [6, 6.07) is 13.8. The number of aromatic nitrogens is 1. The maximum Gasteiger partial charge on any atom is 0.298 e. The lowest BCUT2D eigenvalue weighted by atomic mass is 10.3. The van der Waals surface area contributed by atoms with E-state index < -0.39 is 4.92 Å². The molecule has 0 radical (unpaired) electrons. The average molecular weight is 301 g/mol. The molecule has 0 aliphatic heterocycles. The van der Waals surface area contributed by atoms with Crippen molar-refractivity contribution in [2.24, 2.45) is 10.3 Å². The molecule has 0 atom stereocenters. The van der Waals surface area contributed by atoms with Crippen molar-refractivity contribution < 1.29 is 4.92 Å². The molecule has 0 saturated heterocycles. The van der Waals surface area contributed by atoms with Crippen LogP contribution in [0.1, 0.15) is 0 Å². The lowest BCUT2D eigenvalue weighted by molar-refractivity contribution is -0.384. The van der Waals surface area contributed by atoms with Crippen molar-refractivity contribution >= 4 is 33.9 Å². The van der Waals surface area contributed by atoms with Gasteiger partial charge >= 0.3 is 0 Å². The second-order valence-corrected chi connectivity index (χ2v) is 4.74. The monoisotopic (exact) mass is 300 g/mol. The molecule has 6 nitrogen and oxygen atoms in total. The van der Waals surface area contributed by atoms with Gasteiger partial charge in [-0.2, -0.15) is 0 Å². The fourth-order valence-electron chi connectivity index (χ4n) is 1.97. The van der Waals surface area contributed by atoms with Gasteiger partial charge in [0, 0.05) is 22.7 Å². The predicted molar refractivity (Wildman–Crippen MR) is 80.0 cm³/mol. The molecule has 0 unspecified atom stereocenters. The molecule has 1 heterocycles. The summed E-state index contributed by atoms with van der Waals surface area (Å²) in [5.74, 6) is 0. The summed E-state index contributed by atoms with van der Waals surface area (Å²) in [4.78, 5) is 10.5. The van der Waals surface area contributed by atoms with E-state index in [0.717, 1.165) is 10.9 Å². The molecule has 21 heavy (non-hydrogen) atoms. The molecule has 0 spiro atoms. The number of halogens is 1. The first-order valence-electron chi connectivity index (χ1n) is 6.07. The average Bonchev–Trinajstić information content (AvgIpc) is 2.89. The van der Waals surface area contributed by atoms with Gasteiger partial charge in [-0.25, -0.2) is 4.68 Å². The van der Waals surface area contributed by atoms with Crippen molar-refractivity contribution in [1.82, 2.24) is 4.68 Å². The molecule has 2 aromatic carbocycles. The van der Waals surface area contributed by atoms with Crippen molar-refractivity contribution in [2.45, 2.75) is 0 Å². The van der Waals surface area contributed by atoms with Crippen molar-refractivity contribution in [1.29, 1.82) is 0 Å². The first kappa shape index (κ1) is 13.3. The lowest BCUT2D eigenvalue weighted by Gasteiger charge is -1.98. The molecule has 104 valence electrons. The van der Waals surface area contributed by atoms with Crippen LogP contribution >= 0.6 is 11.6 Å². The highest BCUT2D eigenvalue weighted by Gasteiger charge is 2.14. The number of nitro benzene ring substituents is 1. The fraction of sp³-hybridized carbons (Fsp3) is 0. The Labute approximate surface area is 124 Å². The number of fused-ring (bicyclic) bond motifs is 1. The Hall–Kier alpha value is -2.73. The van der Waals surface area contributed by atoms with E-state index in [1.54, 1.807) is 10.9 Å². The van der Waals surface area contributed by atoms with Gasteiger partial charge in [0.05, 0.1) is 10.4 Å². The van der Waals surface area contributed by atoms with Crippen LogP contribution in [0, 0.1) is 10.1 Å². The highest BCUT2D eigenvalue weighted by atomic mass is 35.5. The summed E-state index contributed by atoms with van der Waals surface area (Å²) in [6.45, 7) is 0. The van der Waals surface area contributed by atoms with Crippen LogP contribution in [-0.4, -0.2) is 9.60 Å². The molecule has 0 aliphatic rings. The Morgan fingerprint density at radius 3 is 2.76 bits per heavy atom. The number of nitro groups is 1. The fourth-order valence-corrected chi connectivity index (χ4v) is 2.14. The number of benzene rings is 2. The van der Waals surface area contributed by atoms with E-state index in [1.807, 2.05) is 30.3 Å². The van der Waals surface area contributed by atoms with Crippen LogP contribution in [0.4, 0.5) is 11.4 Å². The van der Waals surface area contributed by atoms with Gasteiger partial charge in [-0.1, -0.05) is 35.0 Å². The zero-order chi connectivity index (χ0) is 14.8. The zero-order valence-corrected chi connectivity index (χ0v) is 11.4. The van der Waals surface area contributed by atoms with Crippen LogP contribution in [0.3, 0.4) is 0 Å². The van der Waals surface area contributed by atoms with E-state index in [-0.39, 0.29) is 16.4 Å². The molecule has 0 N–H and O–H groups in total. The Bertz CT molecular complexity index is 857. The van der Waals surface area contributed by atoms with Crippen molar-refractivity contribution in [3.05, 3.63) is 69.9 Å². The second kappa shape index (κ2) is 5.34. The number of hydrogen-bond acceptors (Lipinski definition) is 4. The van der Waals surface area contributed by atoms with Gasteiger partial charge in [-0.05, 0) is 24.3 Å². The smallest absolute Gasteiger partial charge is 0.258 e. The molecule has 0 bridgehead atoms. The Kier molecular flexibility index (Phi) is 3.37. The van der Waals surface area contributed by atoms with E-state index in [0.29, 0.717) is 0 Å². The minimum atomic E-state index is -0.534. The number of para-hydroxylation sites is 1. The first-order valence-corrected chi connectivity index (χ1v) is 6.45. The maximum atomic E-state index is 11.0. The molecular weight excluding hydrogens is 292 g/mol. The standard InChI is InChI=1S/C14H9ClN4O2/c15-11-5-6-12(14(9-11)19(20)21)16-17-18-8-7-10-3-1-2-4-13(10)18/h1-9H. The minimum Gasteiger partial charge on any atom is -0.258 e. The third-order valence-electron chi connectivity index (χ3n) is 2.96. The molecule has 0 fully saturated rings. The number of hydrogen-bond donors (Lipinski definition) is 0. The lowest BCUT2D eigenvalue weighted by Crippen LogP contribution is -1.89. The summed E-state index contributed by atoms with van der Waals surface area (Å²) < 4.78 is 1.56. The van der Waals surface area contributed by atoms with Gasteiger partial charge in [-0.3, -0.25) is 10.1 Å². The molecule has 0 saturated carbocycles. The Morgan fingerprint density at radius 1 is 1.14 bits per heavy atom. The van der Waals surface area contributed by atoms with Crippen LogP contribution in [-0.2, 0) is 0 Å². The molecule has 7 heteroatoms. The van der Waals surface area contributed by atoms with E-state index in [9.17, 15) is 10.1 Å². The normalized spacial score (nSPS) is 11.3. The van der Waals surface area contributed by atoms with Gasteiger partial charge in [0.15, 0.2) is 5.69 Å². The molecule has 0 amide bonds. The van der Waals surface area contributed by atoms with E-state index in [1.165, 1.54) is 18.2 Å². The zero-order valence-electron chi connectivity index (χ0n) is 10.7. The van der Waals surface area contributed by atoms with E-state index in [4.69, 9.17) is 11.6 Å². The topological polar surface area (TPSA) is 72.8 Å². The van der Waals surface area contributed by atoms with Gasteiger partial charge < -0.3 is 0 Å². The van der Waals surface area contributed by atoms with E-state index in [2.05, 4.69) is 10.3 Å². The SMILES string of the molecule is O=[N+]([O-])c1cc(Cl)ccc1N=Nn1ccc2ccccc21. The molecule has 1 aromatic heterocycles. The maximum absolute atomic E-state index is 11.0. The largest absolute Gasteiger partial charge is 0.298 e. The van der Waals surface area contributed by atoms with Crippen LogP contribution in [0.2, 0.25) is 5.02 Å². The summed E-state index contributed by atoms with van der Waals surface area (Å²) in [5, 5.41) is 20.3. The highest BCUT2D eigenvalue weighted by molar-refractivity contribution is 6.30. The molecular formula is C14H9ClN4O2. The minimum absolute atomic E-state index is 0.155. The summed E-state index contributed by atoms with van der Waals surface area (Å²) in [5.41, 5.74) is 0.850. The summed E-state index contributed by atoms with van der Waals surface area (Å²) in [7, 11) is 0. The van der Waals surface area contributed by atoms with Crippen LogP contribution in [0.15, 0.2) is 65.1 Å². The third-order valence-corrected chi connectivity index (χ3v) is 3.20. The van der Waals surface area contributed by atoms with Crippen LogP contribution in [0.25, 0.3) is 10.9 Å². The van der Waals surface area contributed by atoms with Gasteiger partial charge in [0.2, 0.25) is 0 Å². The molecule has 0 aliphatic carbocycles. The Balaban J connectivity index is 2.02. The number of rotatable bonds is 3. The van der Waals surface area contributed by atoms with Gasteiger partial charge in [-0.15, -0.1) is 5.11 Å². The third kappa shape index (κ3) is 2.61. The van der Waals surface area contributed by atoms with Crippen molar-refractivity contribution in [2.75, 3.05) is 0 Å². The van der Waals surface area contributed by atoms with Crippen molar-refractivity contribution in [3.8, 4) is 0 Å². The number of nitrogens with zero attached hydrogens (tertiary/aromatic N) is 4. The summed E-state index contributed by atoms with van der Waals surface area (Å²) in [6.07, 6.45) is 1.75. The van der Waals surface area contributed by atoms with Crippen LogP contribution < -0.4 is 0 Å². The van der Waals surface area contributed by atoms with Gasteiger partial charge in [0.25, 0.3) is 5.69 Å². The molecule has 3 aromatic rings. The highest BCUT2D eigenvalue weighted by Crippen LogP contribution is 2.30. The molecule has 3 rings (SSSR count). The van der Waals surface area contributed by atoms with Gasteiger partial charge in [0.1, 0.15) is 0 Å². The summed E-state index contributed by atoms with van der Waals surface area (Å²) >= 11 is 5.76.